The van der Waals surface area contributed by atoms with Crippen molar-refractivity contribution in [2.45, 2.75) is 37.3 Å². The van der Waals surface area contributed by atoms with Gasteiger partial charge in [-0.25, -0.2) is 24.7 Å². The number of ether oxygens (including phenoxy) is 3. The van der Waals surface area contributed by atoms with Crippen LogP contribution in [0.2, 0.25) is 0 Å². The molecule has 1 saturated heterocycles. The number of esters is 1. The van der Waals surface area contributed by atoms with Crippen LogP contribution in [0, 0.1) is 0 Å². The highest BCUT2D eigenvalue weighted by atomic mass is 31.2. The fourth-order valence-electron chi connectivity index (χ4n) is 3.35. The molecule has 1 fully saturated rings. The molecule has 0 radical (unpaired) electrons. The second-order valence-corrected chi connectivity index (χ2v) is 8.81. The van der Waals surface area contributed by atoms with Crippen LogP contribution in [-0.4, -0.2) is 87.8 Å². The zero-order chi connectivity index (χ0) is 24.6. The number of fused-ring (bicyclic) bond motifs is 1. The summed E-state index contributed by atoms with van der Waals surface area (Å²) in [6, 6.07) is 0. The van der Waals surface area contributed by atoms with Crippen molar-refractivity contribution in [1.29, 1.82) is 0 Å². The van der Waals surface area contributed by atoms with E-state index < -0.39 is 50.6 Å². The van der Waals surface area contributed by atoms with Crippen LogP contribution < -0.4 is 5.73 Å². The molecule has 0 spiro atoms. The first kappa shape index (κ1) is 24.2. The van der Waals surface area contributed by atoms with Crippen LogP contribution in [0.3, 0.4) is 0 Å². The van der Waals surface area contributed by atoms with Gasteiger partial charge < -0.3 is 44.4 Å². The number of rotatable bonds is 8. The van der Waals surface area contributed by atoms with Crippen molar-refractivity contribution < 1.29 is 48.0 Å². The Morgan fingerprint density at radius 1 is 1.29 bits per heavy atom. The molecule has 1 aliphatic heterocycles. The maximum atomic E-state index is 11.9. The van der Waals surface area contributed by atoms with Crippen LogP contribution in [0.15, 0.2) is 23.2 Å². The zero-order valence-electron chi connectivity index (χ0n) is 17.5. The largest absolute Gasteiger partial charge is 0.464 e. The number of nitrogen functional groups attached to an aromatic ring is 1. The van der Waals surface area contributed by atoms with Gasteiger partial charge in [-0.3, -0.25) is 9.13 Å². The molecular weight excluding hydrogens is 479 g/mol. The van der Waals surface area contributed by atoms with E-state index in [-0.39, 0.29) is 35.3 Å². The second-order valence-electron chi connectivity index (χ2n) is 7.17. The van der Waals surface area contributed by atoms with Gasteiger partial charge in [0.1, 0.15) is 30.1 Å². The highest BCUT2D eigenvalue weighted by Gasteiger charge is 2.46. The number of carbonyl (C=O) groups excluding carboxylic acids is 1. The first-order valence-electron chi connectivity index (χ1n) is 9.86. The molecule has 3 aromatic rings. The highest BCUT2D eigenvalue weighted by Crippen LogP contribution is 2.43. The van der Waals surface area contributed by atoms with Crippen LogP contribution in [0.4, 0.5) is 5.82 Å². The van der Waals surface area contributed by atoms with E-state index in [4.69, 9.17) is 19.6 Å². The summed E-state index contributed by atoms with van der Waals surface area (Å²) in [5.41, 5.74) is 6.27. The lowest BCUT2D eigenvalue weighted by Crippen LogP contribution is -2.36. The van der Waals surface area contributed by atoms with Crippen molar-refractivity contribution in [3.05, 3.63) is 18.8 Å². The lowest BCUT2D eigenvalue weighted by Gasteiger charge is -2.20. The van der Waals surface area contributed by atoms with Crippen LogP contribution in [0.25, 0.3) is 22.9 Å². The molecule has 0 unspecified atom stereocenters. The van der Waals surface area contributed by atoms with E-state index >= 15 is 0 Å². The Morgan fingerprint density at radius 2 is 2.06 bits per heavy atom. The maximum Gasteiger partial charge on any atom is 0.365 e. The molecule has 34 heavy (non-hydrogen) atoms. The number of aliphatic hydroxyl groups excluding tert-OH is 2. The zero-order valence-corrected chi connectivity index (χ0v) is 18.4. The van der Waals surface area contributed by atoms with Crippen molar-refractivity contribution in [3.8, 4) is 11.7 Å². The minimum Gasteiger partial charge on any atom is -0.464 e. The number of imidazole rings is 1. The van der Waals surface area contributed by atoms with Crippen LogP contribution in [-0.2, 0) is 23.6 Å². The Labute approximate surface area is 190 Å². The molecule has 17 heteroatoms. The average Bonchev–Trinajstić information content (AvgIpc) is 3.49. The van der Waals surface area contributed by atoms with Gasteiger partial charge >= 0.3 is 13.6 Å². The van der Waals surface area contributed by atoms with E-state index in [1.54, 1.807) is 0 Å². The summed E-state index contributed by atoms with van der Waals surface area (Å²) < 4.78 is 33.4. The Balaban J connectivity index is 1.57. The highest BCUT2D eigenvalue weighted by molar-refractivity contribution is 7.53. The monoisotopic (exact) mass is 500 g/mol. The molecule has 0 aromatic carbocycles. The number of hydrogen-bond donors (Lipinski definition) is 5. The summed E-state index contributed by atoms with van der Waals surface area (Å²) in [6.07, 6.45) is -1.61. The number of nitrogens with zero attached hydrogens (tertiary/aromatic N) is 5. The molecule has 0 amide bonds. The van der Waals surface area contributed by atoms with E-state index in [0.717, 1.165) is 0 Å². The molecule has 3 aromatic heterocycles. The number of aliphatic hydroxyl groups is 2. The third-order valence-corrected chi connectivity index (χ3v) is 5.87. The quantitative estimate of drug-likeness (QED) is 0.180. The Kier molecular flexibility index (Phi) is 6.64. The Hall–Kier alpha value is -2.98. The SMILES string of the molecule is CCOC(=O)[C@H](OC[C@H]1O[C@@H](n2cnc3c(N)nc(-c4ncco4)nc32)[C@H](O)[C@H]1O)P(=O)(O)O. The van der Waals surface area contributed by atoms with E-state index in [2.05, 4.69) is 24.7 Å². The third-order valence-electron chi connectivity index (χ3n) is 4.90. The van der Waals surface area contributed by atoms with Crippen molar-refractivity contribution >= 4 is 30.5 Å². The van der Waals surface area contributed by atoms with Crippen molar-refractivity contribution in [3.63, 3.8) is 0 Å². The van der Waals surface area contributed by atoms with E-state index in [0.29, 0.717) is 0 Å². The summed E-state index contributed by atoms with van der Waals surface area (Å²) in [5.74, 6) is -3.35. The number of anilines is 1. The number of oxazole rings is 1. The normalized spacial score (nSPS) is 23.9. The molecule has 6 N–H and O–H groups in total. The molecule has 5 atom stereocenters. The van der Waals surface area contributed by atoms with Gasteiger partial charge in [0.2, 0.25) is 5.82 Å². The van der Waals surface area contributed by atoms with Gasteiger partial charge in [-0.1, -0.05) is 0 Å². The van der Waals surface area contributed by atoms with Crippen molar-refractivity contribution in [1.82, 2.24) is 24.5 Å². The fraction of sp³-hybridized carbons (Fsp3) is 0.471. The topological polar surface area (TPSA) is 238 Å². The van der Waals surface area contributed by atoms with E-state index in [9.17, 15) is 29.4 Å². The molecule has 16 nitrogen and oxygen atoms in total. The second kappa shape index (κ2) is 9.34. The maximum absolute atomic E-state index is 11.9. The lowest BCUT2D eigenvalue weighted by atomic mass is 10.1. The van der Waals surface area contributed by atoms with Crippen LogP contribution in [0.1, 0.15) is 13.2 Å². The molecule has 0 saturated carbocycles. The smallest absolute Gasteiger partial charge is 0.365 e. The number of carbonyl (C=O) groups is 1. The number of hydrogen-bond acceptors (Lipinski definition) is 13. The summed E-state index contributed by atoms with van der Waals surface area (Å²) >= 11 is 0. The first-order chi connectivity index (χ1) is 16.1. The summed E-state index contributed by atoms with van der Waals surface area (Å²) in [5, 5.41) is 21.0. The minimum atomic E-state index is -5.04. The Morgan fingerprint density at radius 3 is 2.71 bits per heavy atom. The van der Waals surface area contributed by atoms with Gasteiger partial charge in [0.25, 0.3) is 11.7 Å². The van der Waals surface area contributed by atoms with Crippen molar-refractivity contribution in [2.75, 3.05) is 18.9 Å². The van der Waals surface area contributed by atoms with Gasteiger partial charge in [0.05, 0.1) is 25.7 Å². The van der Waals surface area contributed by atoms with Crippen LogP contribution in [0.5, 0.6) is 0 Å². The molecular formula is C17H21N6O10P. The molecule has 4 heterocycles. The first-order valence-corrected chi connectivity index (χ1v) is 11.5. The van der Waals surface area contributed by atoms with E-state index in [1.165, 1.54) is 30.3 Å². The van der Waals surface area contributed by atoms with Gasteiger partial charge in [0.15, 0.2) is 17.7 Å². The molecule has 1 aliphatic rings. The Bertz CT molecular complexity index is 1210. The third kappa shape index (κ3) is 4.52. The van der Waals surface area contributed by atoms with Gasteiger partial charge in [-0.05, 0) is 6.92 Å². The minimum absolute atomic E-state index is 0.00351. The number of nitrogens with two attached hydrogens (primary N) is 1. The average molecular weight is 500 g/mol. The van der Waals surface area contributed by atoms with Crippen LogP contribution >= 0.6 is 7.60 Å². The number of aromatic nitrogens is 5. The predicted octanol–water partition coefficient (Wildman–Crippen LogP) is -1.23. The standard InChI is InChI=1S/C17H21N6O10P/c1-2-30-16(26)17(34(27,28)29)32-5-7-9(24)10(25)15(33-7)23-6-20-8-11(18)21-12(22-13(8)23)14-19-3-4-31-14/h3-4,6-7,9-10,15,17,24-25H,2,5H2,1H3,(H2,18,21,22)(H2,27,28,29)/t7-,9+,10-,15-,17-/m1/s1. The van der Waals surface area contributed by atoms with Gasteiger partial charge in [-0.15, -0.1) is 0 Å². The predicted molar refractivity (Wildman–Crippen MR) is 110 cm³/mol. The molecule has 0 bridgehead atoms. The summed E-state index contributed by atoms with van der Waals surface area (Å²) in [4.78, 5) is 47.1. The van der Waals surface area contributed by atoms with Gasteiger partial charge in [-0.2, -0.15) is 0 Å². The van der Waals surface area contributed by atoms with Crippen molar-refractivity contribution in [2.24, 2.45) is 0 Å². The van der Waals surface area contributed by atoms with Gasteiger partial charge in [0, 0.05) is 0 Å². The molecule has 4 rings (SSSR count). The molecule has 184 valence electrons. The summed E-state index contributed by atoms with van der Waals surface area (Å²) in [6.45, 7) is 0.684. The fourth-order valence-corrected chi connectivity index (χ4v) is 3.98. The molecule has 0 aliphatic carbocycles. The lowest BCUT2D eigenvalue weighted by molar-refractivity contribution is -0.155. The van der Waals surface area contributed by atoms with E-state index in [1.807, 2.05) is 0 Å². The summed E-state index contributed by atoms with van der Waals surface area (Å²) in [7, 11) is -5.04.